The van der Waals surface area contributed by atoms with Gasteiger partial charge in [0.1, 0.15) is 12.6 Å². The summed E-state index contributed by atoms with van der Waals surface area (Å²) in [5, 5.41) is 3.04. The van der Waals surface area contributed by atoms with Gasteiger partial charge in [0, 0.05) is 24.0 Å². The molecule has 0 saturated heterocycles. The van der Waals surface area contributed by atoms with Crippen LogP contribution in [0.15, 0.2) is 83.3 Å². The smallest absolute Gasteiger partial charge is 0.244 e. The lowest BCUT2D eigenvalue weighted by atomic mass is 9.48. The first-order valence-electron chi connectivity index (χ1n) is 17.5. The van der Waals surface area contributed by atoms with Gasteiger partial charge in [0.25, 0.3) is 0 Å². The molecule has 48 heavy (non-hydrogen) atoms. The fourth-order valence-electron chi connectivity index (χ4n) is 8.91. The number of sulfonamides is 1. The first-order chi connectivity index (χ1) is 23.0. The zero-order valence-electron chi connectivity index (χ0n) is 28.1. The summed E-state index contributed by atoms with van der Waals surface area (Å²) in [6.45, 7) is 2.33. The summed E-state index contributed by atoms with van der Waals surface area (Å²) in [5.41, 5.74) is 3.72. The second-order valence-electron chi connectivity index (χ2n) is 14.5. The maximum atomic E-state index is 14.4. The zero-order chi connectivity index (χ0) is 33.9. The minimum Gasteiger partial charge on any atom is -0.354 e. The van der Waals surface area contributed by atoms with Gasteiger partial charge in [-0.1, -0.05) is 83.9 Å². The Kier molecular flexibility index (Phi) is 10.7. The van der Waals surface area contributed by atoms with Crippen LogP contribution in [0.2, 0.25) is 0 Å². The summed E-state index contributed by atoms with van der Waals surface area (Å²) in [6.07, 6.45) is 11.0. The Morgan fingerprint density at radius 2 is 1.48 bits per heavy atom. The second-order valence-corrected chi connectivity index (χ2v) is 17.3. The molecule has 4 bridgehead atoms. The van der Waals surface area contributed by atoms with Crippen molar-refractivity contribution < 1.29 is 18.0 Å². The van der Waals surface area contributed by atoms with Crippen LogP contribution in [0.1, 0.15) is 75.0 Å². The van der Waals surface area contributed by atoms with Crippen LogP contribution in [0, 0.1) is 17.8 Å². The van der Waals surface area contributed by atoms with Gasteiger partial charge in [-0.2, -0.15) is 0 Å². The van der Waals surface area contributed by atoms with Crippen molar-refractivity contribution in [3.05, 3.63) is 100 Å². The number of carbonyl (C=O) groups is 2. The highest BCUT2D eigenvalue weighted by molar-refractivity contribution is 9.10. The van der Waals surface area contributed by atoms with E-state index >= 15 is 0 Å². The van der Waals surface area contributed by atoms with E-state index in [9.17, 15) is 18.0 Å². The number of benzene rings is 3. The molecular formula is C39H48BrN3O4S. The van der Waals surface area contributed by atoms with Crippen LogP contribution >= 0.6 is 15.9 Å². The average Bonchev–Trinajstić information content (AvgIpc) is 3.05. The van der Waals surface area contributed by atoms with Crippen molar-refractivity contribution in [2.75, 3.05) is 23.7 Å². The summed E-state index contributed by atoms with van der Waals surface area (Å²) < 4.78 is 28.8. The van der Waals surface area contributed by atoms with Gasteiger partial charge in [0.2, 0.25) is 21.8 Å². The molecule has 9 heteroatoms. The molecule has 0 aromatic heterocycles. The number of carbonyl (C=O) groups excluding carboxylic acids is 2. The summed E-state index contributed by atoms with van der Waals surface area (Å²) in [5.74, 6) is 1.74. The second kappa shape index (κ2) is 14.8. The van der Waals surface area contributed by atoms with E-state index in [-0.39, 0.29) is 17.9 Å². The van der Waals surface area contributed by atoms with Gasteiger partial charge in [-0.3, -0.25) is 13.9 Å². The Labute approximate surface area is 294 Å². The standard InChI is InChI=1S/C39H48BrN3O4S/c1-3-4-18-41-38(45)36(22-28-8-6-5-7-9-28)42(26-29-10-14-34(40)15-11-29)37(44)27-43(48(2,46)47)35-16-12-33(13-17-35)39-23-30-19-31(24-39)21-32(20-30)25-39/h5-17,30-32,36H,3-4,18-27H2,1-2H3,(H,41,45)/t30?,31?,32?,36-,39?/m0/s1. The fraction of sp³-hybridized carbons (Fsp3) is 0.487. The molecule has 2 amide bonds. The molecular weight excluding hydrogens is 686 g/mol. The lowest BCUT2D eigenvalue weighted by molar-refractivity contribution is -0.140. The number of hydrogen-bond acceptors (Lipinski definition) is 4. The Balaban J connectivity index is 1.29. The van der Waals surface area contributed by atoms with Crippen LogP contribution < -0.4 is 9.62 Å². The molecule has 0 aliphatic heterocycles. The summed E-state index contributed by atoms with van der Waals surface area (Å²) in [6, 6.07) is 24.4. The van der Waals surface area contributed by atoms with E-state index in [0.717, 1.165) is 52.5 Å². The van der Waals surface area contributed by atoms with Crippen LogP contribution in [0.5, 0.6) is 0 Å². The summed E-state index contributed by atoms with van der Waals surface area (Å²) in [4.78, 5) is 29.8. The number of anilines is 1. The molecule has 4 fully saturated rings. The third-order valence-corrected chi connectivity index (χ3v) is 12.5. The summed E-state index contributed by atoms with van der Waals surface area (Å²) in [7, 11) is -3.83. The number of amides is 2. The van der Waals surface area contributed by atoms with E-state index < -0.39 is 28.5 Å². The molecule has 0 spiro atoms. The number of hydrogen-bond donors (Lipinski definition) is 1. The monoisotopic (exact) mass is 733 g/mol. The van der Waals surface area contributed by atoms with Crippen molar-refractivity contribution in [3.8, 4) is 0 Å². The Hall–Kier alpha value is -3.17. The number of unbranched alkanes of at least 4 members (excludes halogenated alkanes) is 1. The highest BCUT2D eigenvalue weighted by Crippen LogP contribution is 2.60. The molecule has 0 unspecified atom stereocenters. The Morgan fingerprint density at radius 1 is 0.875 bits per heavy atom. The minimum atomic E-state index is -3.83. The Morgan fingerprint density at radius 3 is 2.04 bits per heavy atom. The van der Waals surface area contributed by atoms with Crippen LogP contribution in [-0.4, -0.2) is 50.5 Å². The molecule has 256 valence electrons. The number of nitrogens with one attached hydrogen (secondary N) is 1. The van der Waals surface area contributed by atoms with Gasteiger partial charge < -0.3 is 10.2 Å². The lowest BCUT2D eigenvalue weighted by Crippen LogP contribution is -2.53. The van der Waals surface area contributed by atoms with Gasteiger partial charge in [-0.05, 0) is 109 Å². The molecule has 0 heterocycles. The number of halogens is 1. The van der Waals surface area contributed by atoms with Crippen LogP contribution in [0.4, 0.5) is 5.69 Å². The molecule has 3 aromatic rings. The van der Waals surface area contributed by atoms with Crippen molar-refractivity contribution >= 4 is 43.5 Å². The minimum absolute atomic E-state index is 0.160. The number of rotatable bonds is 14. The van der Waals surface area contributed by atoms with Crippen molar-refractivity contribution in [3.63, 3.8) is 0 Å². The molecule has 0 radical (unpaired) electrons. The molecule has 4 aliphatic carbocycles. The normalized spacial score (nSPS) is 23.4. The van der Waals surface area contributed by atoms with Gasteiger partial charge in [-0.25, -0.2) is 8.42 Å². The van der Waals surface area contributed by atoms with Crippen LogP contribution in [0.3, 0.4) is 0 Å². The van der Waals surface area contributed by atoms with Crippen LogP contribution in [-0.2, 0) is 38.0 Å². The molecule has 4 aliphatic rings. The molecule has 7 rings (SSSR count). The van der Waals surface area contributed by atoms with E-state index in [1.807, 2.05) is 66.7 Å². The van der Waals surface area contributed by atoms with Gasteiger partial charge >= 0.3 is 0 Å². The molecule has 1 atom stereocenters. The summed E-state index contributed by atoms with van der Waals surface area (Å²) >= 11 is 3.48. The van der Waals surface area contributed by atoms with Gasteiger partial charge in [0.05, 0.1) is 11.9 Å². The van der Waals surface area contributed by atoms with E-state index in [1.165, 1.54) is 48.4 Å². The van der Waals surface area contributed by atoms with Crippen molar-refractivity contribution in [2.45, 2.75) is 82.7 Å². The highest BCUT2D eigenvalue weighted by atomic mass is 79.9. The number of nitrogens with zero attached hydrogens (tertiary/aromatic N) is 2. The molecule has 7 nitrogen and oxygen atoms in total. The zero-order valence-corrected chi connectivity index (χ0v) is 30.5. The topological polar surface area (TPSA) is 86.8 Å². The first kappa shape index (κ1) is 34.7. The van der Waals surface area contributed by atoms with E-state index in [0.29, 0.717) is 18.7 Å². The van der Waals surface area contributed by atoms with Crippen molar-refractivity contribution in [1.82, 2.24) is 10.2 Å². The van der Waals surface area contributed by atoms with Gasteiger partial charge in [-0.15, -0.1) is 0 Å². The Bertz CT molecular complexity index is 1640. The SMILES string of the molecule is CCCCNC(=O)[C@H](Cc1ccccc1)N(Cc1ccc(Br)cc1)C(=O)CN(c1ccc(C23CC4CC(CC(C4)C2)C3)cc1)S(C)(=O)=O. The molecule has 4 saturated carbocycles. The fourth-order valence-corrected chi connectivity index (χ4v) is 10.0. The quantitative estimate of drug-likeness (QED) is 0.177. The third-order valence-electron chi connectivity index (χ3n) is 10.9. The predicted octanol–water partition coefficient (Wildman–Crippen LogP) is 7.24. The average molecular weight is 735 g/mol. The maximum absolute atomic E-state index is 14.4. The van der Waals surface area contributed by atoms with E-state index in [4.69, 9.17) is 0 Å². The maximum Gasteiger partial charge on any atom is 0.244 e. The lowest BCUT2D eigenvalue weighted by Gasteiger charge is -2.57. The van der Waals surface area contributed by atoms with Crippen molar-refractivity contribution in [1.29, 1.82) is 0 Å². The van der Waals surface area contributed by atoms with Crippen LogP contribution in [0.25, 0.3) is 0 Å². The van der Waals surface area contributed by atoms with E-state index in [1.54, 1.807) is 4.90 Å². The predicted molar refractivity (Wildman–Crippen MR) is 195 cm³/mol. The first-order valence-corrected chi connectivity index (χ1v) is 20.1. The molecule has 3 aromatic carbocycles. The van der Waals surface area contributed by atoms with E-state index in [2.05, 4.69) is 40.3 Å². The largest absolute Gasteiger partial charge is 0.354 e. The third kappa shape index (κ3) is 7.99. The van der Waals surface area contributed by atoms with Gasteiger partial charge in [0.15, 0.2) is 0 Å². The highest BCUT2D eigenvalue weighted by Gasteiger charge is 2.51. The molecule has 1 N–H and O–H groups in total. The van der Waals surface area contributed by atoms with Crippen molar-refractivity contribution in [2.24, 2.45) is 17.8 Å².